The van der Waals surface area contributed by atoms with Crippen molar-refractivity contribution in [3.05, 3.63) is 83.9 Å². The van der Waals surface area contributed by atoms with Crippen molar-refractivity contribution >= 4 is 17.7 Å². The molecule has 0 bridgehead atoms. The molecule has 0 aliphatic heterocycles. The van der Waals surface area contributed by atoms with Gasteiger partial charge in [0.1, 0.15) is 6.10 Å². The highest BCUT2D eigenvalue weighted by Gasteiger charge is 2.10. The van der Waals surface area contributed by atoms with Gasteiger partial charge < -0.3 is 4.74 Å². The SMILES string of the molecule is CC(=O)OC(/C=C/CSCc1ccccc1)c1ccccc1. The molecular weight excluding hydrogens is 292 g/mol. The van der Waals surface area contributed by atoms with E-state index >= 15 is 0 Å². The average molecular weight is 312 g/mol. The van der Waals surface area contributed by atoms with E-state index in [0.29, 0.717) is 0 Å². The molecule has 0 aliphatic rings. The first kappa shape index (κ1) is 16.4. The maximum absolute atomic E-state index is 11.2. The molecule has 22 heavy (non-hydrogen) atoms. The molecule has 0 fully saturated rings. The minimum atomic E-state index is -0.309. The highest BCUT2D eigenvalue weighted by Crippen LogP contribution is 2.20. The Hall–Kier alpha value is -2.00. The number of carbonyl (C=O) groups excluding carboxylic acids is 1. The normalized spacial score (nSPS) is 12.2. The lowest BCUT2D eigenvalue weighted by Crippen LogP contribution is -2.06. The van der Waals surface area contributed by atoms with Gasteiger partial charge in [0.25, 0.3) is 0 Å². The van der Waals surface area contributed by atoms with Crippen molar-refractivity contribution in [3.8, 4) is 0 Å². The van der Waals surface area contributed by atoms with E-state index in [2.05, 4.69) is 30.3 Å². The number of hydrogen-bond acceptors (Lipinski definition) is 3. The molecule has 1 atom stereocenters. The molecule has 0 amide bonds. The van der Waals surface area contributed by atoms with Crippen molar-refractivity contribution in [2.45, 2.75) is 18.8 Å². The van der Waals surface area contributed by atoms with Gasteiger partial charge >= 0.3 is 5.97 Å². The van der Waals surface area contributed by atoms with Gasteiger partial charge in [-0.25, -0.2) is 0 Å². The lowest BCUT2D eigenvalue weighted by atomic mass is 10.1. The van der Waals surface area contributed by atoms with Crippen LogP contribution in [0.25, 0.3) is 0 Å². The van der Waals surface area contributed by atoms with E-state index in [1.807, 2.05) is 54.2 Å². The van der Waals surface area contributed by atoms with E-state index in [4.69, 9.17) is 4.74 Å². The molecule has 0 spiro atoms. The van der Waals surface area contributed by atoms with Gasteiger partial charge in [-0.2, -0.15) is 11.8 Å². The second kappa shape index (κ2) is 9.11. The van der Waals surface area contributed by atoms with Crippen molar-refractivity contribution in [3.63, 3.8) is 0 Å². The molecule has 2 aromatic rings. The third-order valence-electron chi connectivity index (χ3n) is 3.06. The number of esters is 1. The van der Waals surface area contributed by atoms with E-state index < -0.39 is 0 Å². The summed E-state index contributed by atoms with van der Waals surface area (Å²) in [5.74, 6) is 1.60. The van der Waals surface area contributed by atoms with Crippen LogP contribution in [0.3, 0.4) is 0 Å². The third-order valence-corrected chi connectivity index (χ3v) is 4.02. The van der Waals surface area contributed by atoms with Crippen LogP contribution < -0.4 is 0 Å². The first-order chi connectivity index (χ1) is 10.8. The summed E-state index contributed by atoms with van der Waals surface area (Å²) < 4.78 is 5.37. The maximum Gasteiger partial charge on any atom is 0.303 e. The van der Waals surface area contributed by atoms with E-state index in [-0.39, 0.29) is 12.1 Å². The van der Waals surface area contributed by atoms with Crippen LogP contribution >= 0.6 is 11.8 Å². The van der Waals surface area contributed by atoms with Gasteiger partial charge in [0.15, 0.2) is 0 Å². The van der Waals surface area contributed by atoms with E-state index in [1.165, 1.54) is 12.5 Å². The Balaban J connectivity index is 1.86. The summed E-state index contributed by atoms with van der Waals surface area (Å²) in [6.07, 6.45) is 3.71. The minimum Gasteiger partial charge on any atom is -0.453 e. The van der Waals surface area contributed by atoms with Gasteiger partial charge in [-0.1, -0.05) is 66.7 Å². The first-order valence-corrected chi connectivity index (χ1v) is 8.41. The highest BCUT2D eigenvalue weighted by molar-refractivity contribution is 7.98. The lowest BCUT2D eigenvalue weighted by Gasteiger charge is -2.13. The Morgan fingerprint density at radius 1 is 1.09 bits per heavy atom. The summed E-state index contributed by atoms with van der Waals surface area (Å²) in [5, 5.41) is 0. The molecule has 0 saturated carbocycles. The number of rotatable bonds is 7. The Bertz CT molecular complexity index is 593. The fraction of sp³-hybridized carbons (Fsp3) is 0.211. The molecule has 2 rings (SSSR count). The van der Waals surface area contributed by atoms with Crippen LogP contribution in [0.15, 0.2) is 72.8 Å². The summed E-state index contributed by atoms with van der Waals surface area (Å²) in [4.78, 5) is 11.2. The summed E-state index contributed by atoms with van der Waals surface area (Å²) in [6, 6.07) is 20.2. The number of carbonyl (C=O) groups is 1. The van der Waals surface area contributed by atoms with Crippen molar-refractivity contribution < 1.29 is 9.53 Å². The number of thioether (sulfide) groups is 1. The van der Waals surface area contributed by atoms with Crippen LogP contribution in [-0.4, -0.2) is 11.7 Å². The van der Waals surface area contributed by atoms with Crippen LogP contribution in [0.5, 0.6) is 0 Å². The van der Waals surface area contributed by atoms with Gasteiger partial charge in [0, 0.05) is 18.4 Å². The Labute approximate surface area is 136 Å². The van der Waals surface area contributed by atoms with Gasteiger partial charge in [0.05, 0.1) is 0 Å². The molecule has 3 heteroatoms. The minimum absolute atomic E-state index is 0.268. The molecule has 2 nitrogen and oxygen atoms in total. The lowest BCUT2D eigenvalue weighted by molar-refractivity contribution is -0.144. The Morgan fingerprint density at radius 3 is 2.36 bits per heavy atom. The molecule has 2 aromatic carbocycles. The quantitative estimate of drug-likeness (QED) is 0.418. The molecule has 0 aromatic heterocycles. The second-order valence-electron chi connectivity index (χ2n) is 4.87. The zero-order chi connectivity index (χ0) is 15.6. The van der Waals surface area contributed by atoms with Crippen LogP contribution in [0, 0.1) is 0 Å². The van der Waals surface area contributed by atoms with E-state index in [0.717, 1.165) is 17.1 Å². The van der Waals surface area contributed by atoms with Crippen molar-refractivity contribution in [2.75, 3.05) is 5.75 Å². The monoisotopic (exact) mass is 312 g/mol. The number of benzene rings is 2. The van der Waals surface area contributed by atoms with Crippen molar-refractivity contribution in [1.29, 1.82) is 0 Å². The largest absolute Gasteiger partial charge is 0.453 e. The van der Waals surface area contributed by atoms with Gasteiger partial charge in [-0.05, 0) is 17.2 Å². The molecule has 0 saturated heterocycles. The van der Waals surface area contributed by atoms with Crippen molar-refractivity contribution in [2.24, 2.45) is 0 Å². The van der Waals surface area contributed by atoms with Crippen molar-refractivity contribution in [1.82, 2.24) is 0 Å². The molecule has 0 radical (unpaired) electrons. The van der Waals surface area contributed by atoms with Gasteiger partial charge in [0.2, 0.25) is 0 Å². The van der Waals surface area contributed by atoms with Gasteiger partial charge in [-0.15, -0.1) is 0 Å². The standard InChI is InChI=1S/C19H20O2S/c1-16(20)21-19(18-11-6-3-7-12-18)13-8-14-22-15-17-9-4-2-5-10-17/h2-13,19H,14-15H2,1H3/b13-8+. The molecule has 0 aliphatic carbocycles. The summed E-state index contributed by atoms with van der Waals surface area (Å²) in [7, 11) is 0. The Kier molecular flexibility index (Phi) is 6.78. The summed E-state index contributed by atoms with van der Waals surface area (Å²) in [6.45, 7) is 1.44. The van der Waals surface area contributed by atoms with E-state index in [9.17, 15) is 4.79 Å². The highest BCUT2D eigenvalue weighted by atomic mass is 32.2. The topological polar surface area (TPSA) is 26.3 Å². The maximum atomic E-state index is 11.2. The van der Waals surface area contributed by atoms with Crippen LogP contribution in [0.2, 0.25) is 0 Å². The van der Waals surface area contributed by atoms with Crippen LogP contribution in [-0.2, 0) is 15.3 Å². The molecular formula is C19H20O2S. The average Bonchev–Trinajstić information content (AvgIpc) is 2.55. The van der Waals surface area contributed by atoms with Crippen LogP contribution in [0.1, 0.15) is 24.2 Å². The number of hydrogen-bond donors (Lipinski definition) is 0. The fourth-order valence-corrected chi connectivity index (χ4v) is 2.83. The molecule has 0 N–H and O–H groups in total. The summed E-state index contributed by atoms with van der Waals surface area (Å²) in [5.41, 5.74) is 2.31. The third kappa shape index (κ3) is 5.78. The summed E-state index contributed by atoms with van der Waals surface area (Å²) >= 11 is 1.84. The zero-order valence-electron chi connectivity index (χ0n) is 12.6. The van der Waals surface area contributed by atoms with Gasteiger partial charge in [-0.3, -0.25) is 4.79 Å². The predicted molar refractivity (Wildman–Crippen MR) is 92.7 cm³/mol. The number of ether oxygens (including phenoxy) is 1. The first-order valence-electron chi connectivity index (χ1n) is 7.26. The Morgan fingerprint density at radius 2 is 1.73 bits per heavy atom. The fourth-order valence-electron chi connectivity index (χ4n) is 2.04. The molecule has 0 heterocycles. The van der Waals surface area contributed by atoms with Crippen LogP contribution in [0.4, 0.5) is 0 Å². The smallest absolute Gasteiger partial charge is 0.303 e. The predicted octanol–water partition coefficient (Wildman–Crippen LogP) is 4.78. The molecule has 1 unspecified atom stereocenters. The molecule has 114 valence electrons. The van der Waals surface area contributed by atoms with E-state index in [1.54, 1.807) is 0 Å². The second-order valence-corrected chi connectivity index (χ2v) is 5.90. The zero-order valence-corrected chi connectivity index (χ0v) is 13.5.